The summed E-state index contributed by atoms with van der Waals surface area (Å²) < 4.78 is 5.87. The Morgan fingerprint density at radius 1 is 1.40 bits per heavy atom. The fourth-order valence-corrected chi connectivity index (χ4v) is 3.91. The number of carbonyl (C=O) groups excluding carboxylic acids is 1. The highest BCUT2D eigenvalue weighted by molar-refractivity contribution is 5.82. The fourth-order valence-electron chi connectivity index (χ4n) is 3.91. The molecule has 0 bridgehead atoms. The Balaban J connectivity index is 2.10. The fraction of sp³-hybridized carbons (Fsp3) is 0.588. The van der Waals surface area contributed by atoms with E-state index in [1.165, 1.54) is 5.56 Å². The lowest BCUT2D eigenvalue weighted by Gasteiger charge is -2.44. The van der Waals surface area contributed by atoms with Crippen molar-refractivity contribution in [3.05, 3.63) is 29.8 Å². The van der Waals surface area contributed by atoms with Crippen LogP contribution >= 0.6 is 0 Å². The quantitative estimate of drug-likeness (QED) is 0.899. The highest BCUT2D eigenvalue weighted by Crippen LogP contribution is 2.50. The molecule has 3 nitrogen and oxygen atoms in total. The second-order valence-corrected chi connectivity index (χ2v) is 6.68. The lowest BCUT2D eigenvalue weighted by atomic mass is 9.63. The standard InChI is InChI=1S/C17H23NO2/c1-11(2)8-15-17(9-16(19)18-15)12(3)10-20-14-7-5-4-6-13(14)17/h4-7,11-12,15H,8-10H2,1-3H3,(H,18,19). The molecule has 2 aliphatic heterocycles. The van der Waals surface area contributed by atoms with Crippen LogP contribution in [0.25, 0.3) is 0 Å². The number of hydrogen-bond acceptors (Lipinski definition) is 2. The number of hydrogen-bond donors (Lipinski definition) is 1. The molecule has 3 unspecified atom stereocenters. The van der Waals surface area contributed by atoms with Crippen LogP contribution in [-0.4, -0.2) is 18.6 Å². The van der Waals surface area contributed by atoms with Crippen LogP contribution in [0.15, 0.2) is 24.3 Å². The number of benzene rings is 1. The molecule has 1 fully saturated rings. The summed E-state index contributed by atoms with van der Waals surface area (Å²) in [6.45, 7) is 7.34. The molecule has 3 rings (SSSR count). The summed E-state index contributed by atoms with van der Waals surface area (Å²) in [7, 11) is 0. The Morgan fingerprint density at radius 2 is 2.15 bits per heavy atom. The molecular weight excluding hydrogens is 250 g/mol. The Hall–Kier alpha value is -1.51. The van der Waals surface area contributed by atoms with E-state index in [9.17, 15) is 4.79 Å². The number of amides is 1. The molecule has 108 valence electrons. The minimum absolute atomic E-state index is 0.101. The first-order valence-corrected chi connectivity index (χ1v) is 7.55. The molecule has 0 aliphatic carbocycles. The maximum absolute atomic E-state index is 12.1. The van der Waals surface area contributed by atoms with Crippen LogP contribution in [0.4, 0.5) is 0 Å². The molecule has 1 aromatic rings. The number of carbonyl (C=O) groups is 1. The molecule has 3 atom stereocenters. The van der Waals surface area contributed by atoms with Gasteiger partial charge in [-0.2, -0.15) is 0 Å². The largest absolute Gasteiger partial charge is 0.493 e. The molecule has 1 amide bonds. The van der Waals surface area contributed by atoms with Gasteiger partial charge in [0, 0.05) is 29.4 Å². The lowest BCUT2D eigenvalue weighted by molar-refractivity contribution is -0.119. The number of para-hydroxylation sites is 1. The minimum Gasteiger partial charge on any atom is -0.493 e. The maximum atomic E-state index is 12.1. The van der Waals surface area contributed by atoms with Crippen molar-refractivity contribution in [2.24, 2.45) is 11.8 Å². The molecule has 0 saturated carbocycles. The predicted molar refractivity (Wildman–Crippen MR) is 78.8 cm³/mol. The van der Waals surface area contributed by atoms with Gasteiger partial charge < -0.3 is 10.1 Å². The van der Waals surface area contributed by atoms with Crippen molar-refractivity contribution >= 4 is 5.91 Å². The van der Waals surface area contributed by atoms with E-state index in [4.69, 9.17) is 4.74 Å². The lowest BCUT2D eigenvalue weighted by Crippen LogP contribution is -2.50. The highest BCUT2D eigenvalue weighted by atomic mass is 16.5. The van der Waals surface area contributed by atoms with Gasteiger partial charge in [0.25, 0.3) is 0 Å². The molecule has 1 spiro atoms. The zero-order chi connectivity index (χ0) is 14.3. The summed E-state index contributed by atoms with van der Waals surface area (Å²) in [4.78, 5) is 12.1. The van der Waals surface area contributed by atoms with Gasteiger partial charge in [0.15, 0.2) is 0 Å². The van der Waals surface area contributed by atoms with Gasteiger partial charge in [0.2, 0.25) is 5.91 Å². The van der Waals surface area contributed by atoms with Crippen molar-refractivity contribution in [2.45, 2.75) is 45.1 Å². The average molecular weight is 273 g/mol. The minimum atomic E-state index is -0.101. The van der Waals surface area contributed by atoms with Crippen molar-refractivity contribution in [3.63, 3.8) is 0 Å². The van der Waals surface area contributed by atoms with Crippen LogP contribution in [0.2, 0.25) is 0 Å². The summed E-state index contributed by atoms with van der Waals surface area (Å²) in [5.41, 5.74) is 1.11. The topological polar surface area (TPSA) is 38.3 Å². The first-order chi connectivity index (χ1) is 9.54. The second-order valence-electron chi connectivity index (χ2n) is 6.68. The van der Waals surface area contributed by atoms with Gasteiger partial charge in [-0.05, 0) is 18.4 Å². The van der Waals surface area contributed by atoms with Gasteiger partial charge >= 0.3 is 0 Å². The summed E-state index contributed by atoms with van der Waals surface area (Å²) >= 11 is 0. The Bertz CT molecular complexity index is 525. The average Bonchev–Trinajstić information content (AvgIpc) is 2.72. The van der Waals surface area contributed by atoms with Crippen molar-refractivity contribution in [1.29, 1.82) is 0 Å². The zero-order valence-corrected chi connectivity index (χ0v) is 12.5. The van der Waals surface area contributed by atoms with Crippen LogP contribution in [-0.2, 0) is 10.2 Å². The van der Waals surface area contributed by atoms with Crippen LogP contribution in [0.3, 0.4) is 0 Å². The Kier molecular flexibility index (Phi) is 3.23. The molecule has 3 heteroatoms. The molecule has 0 radical (unpaired) electrons. The third kappa shape index (κ3) is 1.91. The molecule has 2 aliphatic rings. The SMILES string of the molecule is CC(C)CC1NC(=O)CC12c1ccccc1OCC2C. The van der Waals surface area contributed by atoms with Gasteiger partial charge in [-0.1, -0.05) is 39.0 Å². The Labute approximate surface area is 120 Å². The van der Waals surface area contributed by atoms with Gasteiger partial charge in [-0.15, -0.1) is 0 Å². The predicted octanol–water partition coefficient (Wildman–Crippen LogP) is 2.89. The maximum Gasteiger partial charge on any atom is 0.221 e. The van der Waals surface area contributed by atoms with Crippen molar-refractivity contribution in [3.8, 4) is 5.75 Å². The zero-order valence-electron chi connectivity index (χ0n) is 12.5. The third-order valence-electron chi connectivity index (χ3n) is 4.87. The van der Waals surface area contributed by atoms with Gasteiger partial charge in [0.1, 0.15) is 5.75 Å². The first-order valence-electron chi connectivity index (χ1n) is 7.55. The first kappa shape index (κ1) is 13.5. The number of fused-ring (bicyclic) bond motifs is 2. The normalized spacial score (nSPS) is 32.1. The van der Waals surface area contributed by atoms with E-state index in [0.717, 1.165) is 12.2 Å². The van der Waals surface area contributed by atoms with E-state index in [-0.39, 0.29) is 17.4 Å². The van der Waals surface area contributed by atoms with E-state index >= 15 is 0 Å². The summed E-state index contributed by atoms with van der Waals surface area (Å²) in [6.07, 6.45) is 1.61. The van der Waals surface area contributed by atoms with Gasteiger partial charge in [-0.25, -0.2) is 0 Å². The third-order valence-corrected chi connectivity index (χ3v) is 4.87. The van der Waals surface area contributed by atoms with E-state index in [1.807, 2.05) is 12.1 Å². The smallest absolute Gasteiger partial charge is 0.221 e. The monoisotopic (exact) mass is 273 g/mol. The molecular formula is C17H23NO2. The molecule has 20 heavy (non-hydrogen) atoms. The molecule has 1 saturated heterocycles. The van der Waals surface area contributed by atoms with E-state index < -0.39 is 0 Å². The highest BCUT2D eigenvalue weighted by Gasteiger charge is 2.54. The van der Waals surface area contributed by atoms with Gasteiger partial charge in [-0.3, -0.25) is 4.79 Å². The van der Waals surface area contributed by atoms with E-state index in [1.54, 1.807) is 0 Å². The Morgan fingerprint density at radius 3 is 2.90 bits per heavy atom. The van der Waals surface area contributed by atoms with Crippen molar-refractivity contribution in [1.82, 2.24) is 5.32 Å². The molecule has 1 N–H and O–H groups in total. The van der Waals surface area contributed by atoms with Crippen LogP contribution < -0.4 is 10.1 Å². The summed E-state index contributed by atoms with van der Waals surface area (Å²) in [5, 5.41) is 3.22. The summed E-state index contributed by atoms with van der Waals surface area (Å²) in [5.74, 6) is 2.05. The number of rotatable bonds is 2. The second kappa shape index (κ2) is 4.80. The van der Waals surface area contributed by atoms with Crippen LogP contribution in [0, 0.1) is 11.8 Å². The number of ether oxygens (including phenoxy) is 1. The molecule has 2 heterocycles. The van der Waals surface area contributed by atoms with Crippen molar-refractivity contribution in [2.75, 3.05) is 6.61 Å². The van der Waals surface area contributed by atoms with Crippen LogP contribution in [0.5, 0.6) is 5.75 Å². The van der Waals surface area contributed by atoms with Crippen LogP contribution in [0.1, 0.15) is 39.2 Å². The van der Waals surface area contributed by atoms with Gasteiger partial charge in [0.05, 0.1) is 6.61 Å². The van der Waals surface area contributed by atoms with Crippen molar-refractivity contribution < 1.29 is 9.53 Å². The number of nitrogens with one attached hydrogen (secondary N) is 1. The molecule has 0 aromatic heterocycles. The van der Waals surface area contributed by atoms with E-state index in [0.29, 0.717) is 24.9 Å². The van der Waals surface area contributed by atoms with E-state index in [2.05, 4.69) is 38.2 Å². The summed E-state index contributed by atoms with van der Waals surface area (Å²) in [6, 6.07) is 8.44. The molecule has 1 aromatic carbocycles.